The molecule has 0 aromatic heterocycles. The molecular weight excluding hydrogens is 409 g/mol. The van der Waals surface area contributed by atoms with E-state index in [9.17, 15) is 26.4 Å². The zero-order chi connectivity index (χ0) is 20.2. The molecular formula is C17H18ClF3O5S. The van der Waals surface area contributed by atoms with E-state index in [4.69, 9.17) is 16.3 Å². The number of halogens is 4. The third-order valence-electron chi connectivity index (χ3n) is 4.14. The van der Waals surface area contributed by atoms with Crippen molar-refractivity contribution < 1.29 is 35.3 Å². The molecule has 1 aliphatic carbocycles. The molecule has 0 heterocycles. The molecule has 0 unspecified atom stereocenters. The van der Waals surface area contributed by atoms with Crippen LogP contribution in [0.3, 0.4) is 0 Å². The summed E-state index contributed by atoms with van der Waals surface area (Å²) in [6, 6.07) is 3.67. The fraction of sp³-hybridized carbons (Fsp3) is 0.471. The molecule has 1 aliphatic rings. The lowest BCUT2D eigenvalue weighted by atomic mass is 9.81. The molecule has 0 aliphatic heterocycles. The summed E-state index contributed by atoms with van der Waals surface area (Å²) in [6.07, 6.45) is 4.22. The number of alkyl halides is 3. The first kappa shape index (κ1) is 21.6. The summed E-state index contributed by atoms with van der Waals surface area (Å²) in [7, 11) is -5.74. The number of carbonyl (C=O) groups is 1. The first-order valence-corrected chi connectivity index (χ1v) is 9.98. The van der Waals surface area contributed by atoms with Crippen molar-refractivity contribution in [2.75, 3.05) is 6.61 Å². The lowest BCUT2D eigenvalue weighted by Crippen LogP contribution is -2.28. The van der Waals surface area contributed by atoms with E-state index in [1.807, 2.05) is 0 Å². The molecule has 2 rings (SSSR count). The Morgan fingerprint density at radius 1 is 1.30 bits per heavy atom. The average Bonchev–Trinajstić information content (AvgIpc) is 2.55. The van der Waals surface area contributed by atoms with Crippen molar-refractivity contribution in [2.45, 2.75) is 44.0 Å². The highest BCUT2D eigenvalue weighted by atomic mass is 35.5. The van der Waals surface area contributed by atoms with Crippen LogP contribution in [0.25, 0.3) is 0 Å². The number of ether oxygens (including phenoxy) is 1. The maximum absolute atomic E-state index is 12.4. The fourth-order valence-electron chi connectivity index (χ4n) is 2.86. The van der Waals surface area contributed by atoms with Crippen LogP contribution in [0.15, 0.2) is 29.8 Å². The predicted octanol–water partition coefficient (Wildman–Crippen LogP) is 4.72. The van der Waals surface area contributed by atoms with Crippen LogP contribution in [0.1, 0.15) is 44.1 Å². The molecule has 27 heavy (non-hydrogen) atoms. The molecule has 1 fully saturated rings. The van der Waals surface area contributed by atoms with Gasteiger partial charge in [0.05, 0.1) is 6.61 Å². The van der Waals surface area contributed by atoms with Gasteiger partial charge in [-0.05, 0) is 50.2 Å². The van der Waals surface area contributed by atoms with Crippen molar-refractivity contribution in [3.05, 3.63) is 40.4 Å². The summed E-state index contributed by atoms with van der Waals surface area (Å²) in [5, 5.41) is 0.132. The van der Waals surface area contributed by atoms with E-state index in [0.717, 1.165) is 17.7 Å². The quantitative estimate of drug-likeness (QED) is 0.295. The number of hydrogen-bond donors (Lipinski definition) is 0. The summed E-state index contributed by atoms with van der Waals surface area (Å²) >= 11 is 6.12. The number of benzene rings is 1. The van der Waals surface area contributed by atoms with Crippen LogP contribution < -0.4 is 4.18 Å². The number of hydrogen-bond acceptors (Lipinski definition) is 5. The molecule has 10 heteroatoms. The molecule has 1 saturated carbocycles. The second-order valence-electron chi connectivity index (χ2n) is 6.00. The highest BCUT2D eigenvalue weighted by molar-refractivity contribution is 7.88. The Labute approximate surface area is 160 Å². The van der Waals surface area contributed by atoms with E-state index in [0.29, 0.717) is 37.9 Å². The third kappa shape index (κ3) is 5.62. The standard InChI is InChI=1S/C17H18ClF3O5S/c1-2-25-16(22)9-11-3-5-12(6-4-11)14-8-7-13(10-15(14)18)26-27(23,24)17(19,20)21/h7-10,12H,2-6H2,1H3. The molecule has 0 N–H and O–H groups in total. The zero-order valence-corrected chi connectivity index (χ0v) is 16.0. The van der Waals surface area contributed by atoms with Crippen LogP contribution in [-0.2, 0) is 19.6 Å². The number of carbonyl (C=O) groups excluding carboxylic acids is 1. The topological polar surface area (TPSA) is 69.7 Å². The number of esters is 1. The Hall–Kier alpha value is -1.74. The van der Waals surface area contributed by atoms with Crippen LogP contribution in [0.5, 0.6) is 5.75 Å². The molecule has 1 aromatic rings. The molecule has 150 valence electrons. The van der Waals surface area contributed by atoms with E-state index in [-0.39, 0.29) is 16.9 Å². The lowest BCUT2D eigenvalue weighted by Gasteiger charge is -2.25. The van der Waals surface area contributed by atoms with Crippen molar-refractivity contribution in [1.82, 2.24) is 0 Å². The van der Waals surface area contributed by atoms with Crippen LogP contribution in [0, 0.1) is 0 Å². The third-order valence-corrected chi connectivity index (χ3v) is 5.44. The summed E-state index contributed by atoms with van der Waals surface area (Å²) < 4.78 is 68.2. The average molecular weight is 427 g/mol. The minimum atomic E-state index is -5.74. The summed E-state index contributed by atoms with van der Waals surface area (Å²) in [6.45, 7) is 2.03. The van der Waals surface area contributed by atoms with Gasteiger partial charge in [0, 0.05) is 17.2 Å². The normalized spacial score (nSPS) is 18.1. The minimum Gasteiger partial charge on any atom is -0.463 e. The SMILES string of the molecule is CCOC(=O)C=C1CCC(c2ccc(OS(=O)(=O)C(F)(F)F)cc2Cl)CC1. The summed E-state index contributed by atoms with van der Waals surface area (Å²) in [5.41, 5.74) is -3.84. The molecule has 0 radical (unpaired) electrons. The van der Waals surface area contributed by atoms with Gasteiger partial charge >= 0.3 is 21.6 Å². The van der Waals surface area contributed by atoms with Gasteiger partial charge < -0.3 is 8.92 Å². The van der Waals surface area contributed by atoms with Crippen LogP contribution in [0.4, 0.5) is 13.2 Å². The van der Waals surface area contributed by atoms with Crippen LogP contribution in [0.2, 0.25) is 5.02 Å². The minimum absolute atomic E-state index is 0.0464. The highest BCUT2D eigenvalue weighted by Crippen LogP contribution is 2.40. The van der Waals surface area contributed by atoms with Gasteiger partial charge in [-0.2, -0.15) is 21.6 Å². The van der Waals surface area contributed by atoms with E-state index in [1.165, 1.54) is 12.1 Å². The molecule has 1 aromatic carbocycles. The van der Waals surface area contributed by atoms with Gasteiger partial charge in [0.2, 0.25) is 0 Å². The molecule has 0 amide bonds. The summed E-state index contributed by atoms with van der Waals surface area (Å²) in [4.78, 5) is 11.5. The van der Waals surface area contributed by atoms with E-state index >= 15 is 0 Å². The van der Waals surface area contributed by atoms with Crippen molar-refractivity contribution in [1.29, 1.82) is 0 Å². The fourth-order valence-corrected chi connectivity index (χ4v) is 3.64. The maximum atomic E-state index is 12.4. The molecule has 0 atom stereocenters. The van der Waals surface area contributed by atoms with Gasteiger partial charge in [-0.1, -0.05) is 23.2 Å². The Bertz CT molecular complexity index is 823. The molecule has 5 nitrogen and oxygen atoms in total. The van der Waals surface area contributed by atoms with Crippen molar-refractivity contribution in [2.24, 2.45) is 0 Å². The van der Waals surface area contributed by atoms with Gasteiger partial charge in [-0.15, -0.1) is 0 Å². The van der Waals surface area contributed by atoms with Crippen LogP contribution in [-0.4, -0.2) is 26.5 Å². The van der Waals surface area contributed by atoms with Crippen LogP contribution >= 0.6 is 11.6 Å². The Morgan fingerprint density at radius 2 is 1.93 bits per heavy atom. The maximum Gasteiger partial charge on any atom is 0.534 e. The van der Waals surface area contributed by atoms with Crippen molar-refractivity contribution >= 4 is 27.7 Å². The van der Waals surface area contributed by atoms with Gasteiger partial charge in [0.15, 0.2) is 0 Å². The van der Waals surface area contributed by atoms with Gasteiger partial charge in [-0.3, -0.25) is 0 Å². The predicted molar refractivity (Wildman–Crippen MR) is 93.0 cm³/mol. The molecule has 0 bridgehead atoms. The first-order valence-electron chi connectivity index (χ1n) is 8.20. The number of allylic oxidation sites excluding steroid dienone is 1. The Balaban J connectivity index is 2.06. The van der Waals surface area contributed by atoms with Crippen molar-refractivity contribution in [3.8, 4) is 5.75 Å². The largest absolute Gasteiger partial charge is 0.534 e. The smallest absolute Gasteiger partial charge is 0.463 e. The van der Waals surface area contributed by atoms with Gasteiger partial charge in [0.25, 0.3) is 0 Å². The molecule has 0 saturated heterocycles. The van der Waals surface area contributed by atoms with E-state index < -0.39 is 21.4 Å². The second-order valence-corrected chi connectivity index (χ2v) is 7.94. The zero-order valence-electron chi connectivity index (χ0n) is 14.4. The first-order chi connectivity index (χ1) is 12.5. The Morgan fingerprint density at radius 3 is 2.44 bits per heavy atom. The van der Waals surface area contributed by atoms with Gasteiger partial charge in [-0.25, -0.2) is 4.79 Å². The Kier molecular flexibility index (Phi) is 6.80. The number of rotatable bonds is 5. The second kappa shape index (κ2) is 8.52. The van der Waals surface area contributed by atoms with Crippen molar-refractivity contribution in [3.63, 3.8) is 0 Å². The summed E-state index contributed by atoms with van der Waals surface area (Å²) in [5.74, 6) is -0.832. The molecule has 0 spiro atoms. The highest BCUT2D eigenvalue weighted by Gasteiger charge is 2.48. The van der Waals surface area contributed by atoms with E-state index in [2.05, 4.69) is 4.18 Å². The monoisotopic (exact) mass is 426 g/mol. The van der Waals surface area contributed by atoms with Gasteiger partial charge in [0.1, 0.15) is 5.75 Å². The van der Waals surface area contributed by atoms with E-state index in [1.54, 1.807) is 6.92 Å². The lowest BCUT2D eigenvalue weighted by molar-refractivity contribution is -0.137.